The predicted octanol–water partition coefficient (Wildman–Crippen LogP) is 4.98. The van der Waals surface area contributed by atoms with E-state index in [1.54, 1.807) is 0 Å². The number of carbonyl (C=O) groups excluding carboxylic acids is 4. The number of nitrogens with one attached hydrogen (secondary N) is 4. The van der Waals surface area contributed by atoms with Crippen molar-refractivity contribution >= 4 is 88.2 Å². The highest BCUT2D eigenvalue weighted by atomic mass is 32.2. The number of phenolic OH excluding ortho intramolecular Hbond substituents is 2. The summed E-state index contributed by atoms with van der Waals surface area (Å²) in [7, 11) is -9.32. The Morgan fingerprint density at radius 2 is 0.796 bits per heavy atom. The van der Waals surface area contributed by atoms with Crippen LogP contribution >= 0.6 is 0 Å². The highest BCUT2D eigenvalue weighted by Crippen LogP contribution is 2.35. The van der Waals surface area contributed by atoms with E-state index in [2.05, 4.69) is 21.3 Å². The molecule has 0 unspecified atom stereocenters. The number of rotatable bonds is 8. The second-order valence-electron chi connectivity index (χ2n) is 11.6. The van der Waals surface area contributed by atoms with Gasteiger partial charge in [0.05, 0.1) is 0 Å². The Morgan fingerprint density at radius 3 is 1.17 bits per heavy atom. The van der Waals surface area contributed by atoms with Crippen LogP contribution < -0.4 is 21.3 Å². The topological polar surface area (TPSA) is 266 Å². The van der Waals surface area contributed by atoms with Crippen LogP contribution in [0.15, 0.2) is 119 Å². The largest absolute Gasteiger partial charge is 0.507 e. The summed E-state index contributed by atoms with van der Waals surface area (Å²) >= 11 is 0. The predicted molar refractivity (Wildman–Crippen MR) is 197 cm³/mol. The van der Waals surface area contributed by atoms with Gasteiger partial charge in [0.2, 0.25) is 0 Å². The number of benzene rings is 6. The molecule has 16 nitrogen and oxygen atoms in total. The molecule has 0 heterocycles. The lowest BCUT2D eigenvalue weighted by molar-refractivity contribution is -0.132. The molecule has 8 N–H and O–H groups in total. The molecule has 54 heavy (non-hydrogen) atoms. The van der Waals surface area contributed by atoms with Gasteiger partial charge in [-0.3, -0.25) is 28.3 Å². The molecule has 0 radical (unpaired) electrons. The lowest BCUT2D eigenvalue weighted by Gasteiger charge is -2.12. The molecule has 0 fully saturated rings. The summed E-state index contributed by atoms with van der Waals surface area (Å²) < 4.78 is 66.6. The minimum atomic E-state index is -4.66. The van der Waals surface area contributed by atoms with Gasteiger partial charge in [-0.15, -0.1) is 0 Å². The summed E-state index contributed by atoms with van der Waals surface area (Å²) in [5.74, 6) is -4.47. The van der Waals surface area contributed by atoms with Crippen LogP contribution in [0.2, 0.25) is 0 Å². The van der Waals surface area contributed by atoms with Crippen LogP contribution in [0, 0.1) is 0 Å². The van der Waals surface area contributed by atoms with Gasteiger partial charge in [-0.2, -0.15) is 16.8 Å². The number of phenols is 2. The monoisotopic (exact) mass is 770 g/mol. The first-order chi connectivity index (χ1) is 25.5. The van der Waals surface area contributed by atoms with E-state index in [1.165, 1.54) is 97.1 Å². The Balaban J connectivity index is 1.12. The maximum Gasteiger partial charge on any atom is 0.314 e. The Hall–Kier alpha value is -6.86. The first kappa shape index (κ1) is 36.9. The van der Waals surface area contributed by atoms with E-state index in [4.69, 9.17) is 0 Å². The van der Waals surface area contributed by atoms with E-state index in [-0.39, 0.29) is 66.9 Å². The SMILES string of the molecule is O=C(Nc1cccc(C(=O)Nc2cc(O)c3cccc(S(=O)(=O)O)c3c2)c1)C(=O)Nc1cccc(C(=O)Nc2cc(O)c3cccc(S(=O)(=O)O)c3c2)c1. The van der Waals surface area contributed by atoms with Crippen molar-refractivity contribution in [1.29, 1.82) is 0 Å². The Morgan fingerprint density at radius 1 is 0.426 bits per heavy atom. The molecule has 0 saturated carbocycles. The van der Waals surface area contributed by atoms with Gasteiger partial charge >= 0.3 is 11.8 Å². The zero-order valence-electron chi connectivity index (χ0n) is 27.3. The first-order valence-electron chi connectivity index (χ1n) is 15.4. The summed E-state index contributed by atoms with van der Waals surface area (Å²) in [5.41, 5.74) is 0.0792. The molecule has 274 valence electrons. The highest BCUT2D eigenvalue weighted by molar-refractivity contribution is 7.86. The normalized spacial score (nSPS) is 11.5. The molecule has 4 amide bonds. The average Bonchev–Trinajstić information content (AvgIpc) is 3.10. The highest BCUT2D eigenvalue weighted by Gasteiger charge is 2.20. The standard InChI is InChI=1S/C36H26N4O12S2/c41-29-17-23(15-27-25(29)9-3-11-31(27)53(47,48)49)39-33(43)19-5-1-7-21(13-19)37-35(45)36(46)38-22-8-2-6-20(14-22)34(44)40-24-16-28-26(30(42)18-24)10-4-12-32(28)54(50,51)52/h1-18,41-42H,(H,37,45)(H,38,46)(H,39,43)(H,40,44)(H,47,48,49)(H,50,51,52). The summed E-state index contributed by atoms with van der Waals surface area (Å²) in [6.07, 6.45) is 0. The van der Waals surface area contributed by atoms with Gasteiger partial charge in [0.25, 0.3) is 32.1 Å². The van der Waals surface area contributed by atoms with E-state index in [0.717, 1.165) is 12.1 Å². The van der Waals surface area contributed by atoms with Crippen molar-refractivity contribution < 1.29 is 55.3 Å². The van der Waals surface area contributed by atoms with Crippen molar-refractivity contribution in [2.24, 2.45) is 0 Å². The third-order valence-corrected chi connectivity index (χ3v) is 9.73. The smallest absolute Gasteiger partial charge is 0.314 e. The van der Waals surface area contributed by atoms with Gasteiger partial charge in [0.15, 0.2) is 0 Å². The van der Waals surface area contributed by atoms with Gasteiger partial charge in [-0.25, -0.2) is 0 Å². The molecule has 18 heteroatoms. The van der Waals surface area contributed by atoms with Crippen molar-refractivity contribution in [2.45, 2.75) is 9.79 Å². The zero-order valence-corrected chi connectivity index (χ0v) is 28.9. The Bertz CT molecular complexity index is 2600. The van der Waals surface area contributed by atoms with Crippen LogP contribution in [0.3, 0.4) is 0 Å². The molecule has 6 aromatic carbocycles. The number of carbonyl (C=O) groups is 4. The van der Waals surface area contributed by atoms with E-state index < -0.39 is 53.7 Å². The molecule has 0 saturated heterocycles. The zero-order chi connectivity index (χ0) is 38.9. The van der Waals surface area contributed by atoms with Crippen molar-refractivity contribution in [1.82, 2.24) is 0 Å². The fourth-order valence-electron chi connectivity index (χ4n) is 5.53. The lowest BCUT2D eigenvalue weighted by atomic mass is 10.1. The molecule has 0 spiro atoms. The van der Waals surface area contributed by atoms with E-state index in [1.807, 2.05) is 0 Å². The second kappa shape index (κ2) is 14.3. The Kier molecular flexibility index (Phi) is 9.76. The van der Waals surface area contributed by atoms with Crippen molar-refractivity contribution in [3.63, 3.8) is 0 Å². The molecular formula is C36H26N4O12S2. The average molecular weight is 771 g/mol. The van der Waals surface area contributed by atoms with Gasteiger partial charge in [-0.1, -0.05) is 36.4 Å². The van der Waals surface area contributed by atoms with Crippen molar-refractivity contribution in [3.8, 4) is 11.5 Å². The molecule has 0 aliphatic rings. The fraction of sp³-hybridized carbons (Fsp3) is 0. The van der Waals surface area contributed by atoms with Crippen LogP contribution in [0.25, 0.3) is 21.5 Å². The number of hydrogen-bond donors (Lipinski definition) is 8. The molecule has 0 bridgehead atoms. The molecule has 6 aromatic rings. The summed E-state index contributed by atoms with van der Waals surface area (Å²) in [6.45, 7) is 0. The van der Waals surface area contributed by atoms with E-state index >= 15 is 0 Å². The number of anilines is 4. The van der Waals surface area contributed by atoms with Crippen molar-refractivity contribution in [2.75, 3.05) is 21.3 Å². The first-order valence-corrected chi connectivity index (χ1v) is 18.3. The van der Waals surface area contributed by atoms with Crippen LogP contribution in [0.4, 0.5) is 22.7 Å². The number of amides is 4. The molecule has 6 rings (SSSR count). The van der Waals surface area contributed by atoms with Gasteiger partial charge in [0.1, 0.15) is 21.3 Å². The van der Waals surface area contributed by atoms with Crippen LogP contribution in [-0.2, 0) is 29.8 Å². The molecule has 0 aliphatic heterocycles. The number of fused-ring (bicyclic) bond motifs is 2. The Labute approximate surface area is 305 Å². The maximum absolute atomic E-state index is 13.1. The third-order valence-electron chi connectivity index (χ3n) is 7.91. The van der Waals surface area contributed by atoms with Crippen LogP contribution in [-0.4, -0.2) is 59.8 Å². The molecular weight excluding hydrogens is 745 g/mol. The second-order valence-corrected chi connectivity index (χ2v) is 14.4. The minimum Gasteiger partial charge on any atom is -0.507 e. The lowest BCUT2D eigenvalue weighted by Crippen LogP contribution is -2.29. The van der Waals surface area contributed by atoms with Crippen LogP contribution in [0.1, 0.15) is 20.7 Å². The van der Waals surface area contributed by atoms with E-state index in [0.29, 0.717) is 0 Å². The third kappa shape index (κ3) is 7.96. The van der Waals surface area contributed by atoms with E-state index in [9.17, 15) is 55.3 Å². The quantitative estimate of drug-likeness (QED) is 0.0753. The van der Waals surface area contributed by atoms with Crippen molar-refractivity contribution in [3.05, 3.63) is 120 Å². The number of hydrogen-bond acceptors (Lipinski definition) is 10. The summed E-state index contributed by atoms with van der Waals surface area (Å²) in [5, 5.41) is 30.7. The van der Waals surface area contributed by atoms with Gasteiger partial charge < -0.3 is 31.5 Å². The maximum atomic E-state index is 13.1. The van der Waals surface area contributed by atoms with Gasteiger partial charge in [-0.05, 0) is 60.7 Å². The minimum absolute atomic E-state index is 0.00325. The summed E-state index contributed by atoms with van der Waals surface area (Å²) in [6, 6.07) is 23.5. The molecule has 0 aliphatic carbocycles. The molecule has 0 aromatic heterocycles. The summed E-state index contributed by atoms with van der Waals surface area (Å²) in [4.78, 5) is 50.7. The van der Waals surface area contributed by atoms with Crippen LogP contribution in [0.5, 0.6) is 11.5 Å². The molecule has 0 atom stereocenters. The van der Waals surface area contributed by atoms with Gasteiger partial charge in [0, 0.05) is 67.6 Å². The number of aromatic hydroxyl groups is 2. The fourth-order valence-corrected chi connectivity index (χ4v) is 6.92.